The lowest BCUT2D eigenvalue weighted by Crippen LogP contribution is -2.50. The number of likely N-dealkylation sites (tertiary alicyclic amines) is 1. The van der Waals surface area contributed by atoms with Crippen molar-refractivity contribution in [3.8, 4) is 0 Å². The van der Waals surface area contributed by atoms with E-state index in [4.69, 9.17) is 0 Å². The first-order chi connectivity index (χ1) is 6.95. The minimum atomic E-state index is -4.05. The normalized spacial score (nSPS) is 28.2. The number of hydrogen-bond acceptors (Lipinski definition) is 1. The molecule has 1 fully saturated rings. The Hall–Kier alpha value is -0.250. The van der Waals surface area contributed by atoms with Crippen LogP contribution in [0.2, 0.25) is 0 Å². The van der Waals surface area contributed by atoms with Crippen LogP contribution in [-0.4, -0.2) is 30.2 Å². The van der Waals surface area contributed by atoms with Gasteiger partial charge in [0.2, 0.25) is 0 Å². The van der Waals surface area contributed by atoms with Crippen LogP contribution in [0.25, 0.3) is 0 Å². The van der Waals surface area contributed by atoms with Gasteiger partial charge in [0.15, 0.2) is 0 Å². The van der Waals surface area contributed by atoms with E-state index in [9.17, 15) is 13.2 Å². The quantitative estimate of drug-likeness (QED) is 0.657. The van der Waals surface area contributed by atoms with E-state index in [0.717, 1.165) is 6.42 Å². The average Bonchev–Trinajstić information content (AvgIpc) is 2.19. The van der Waals surface area contributed by atoms with Crippen molar-refractivity contribution >= 4 is 0 Å². The van der Waals surface area contributed by atoms with Crippen LogP contribution in [0.5, 0.6) is 0 Å². The summed E-state index contributed by atoms with van der Waals surface area (Å²) in [6.07, 6.45) is -2.90. The van der Waals surface area contributed by atoms with Gasteiger partial charge < -0.3 is 0 Å². The SMILES string of the molecule is CC.CCN1CCC(C)CC1C(F)(F)F. The van der Waals surface area contributed by atoms with Crippen molar-refractivity contribution in [1.29, 1.82) is 0 Å². The second-order valence-electron chi connectivity index (χ2n) is 3.82. The molecule has 0 aromatic heterocycles. The number of hydrogen-bond donors (Lipinski definition) is 0. The first-order valence-electron chi connectivity index (χ1n) is 5.76. The van der Waals surface area contributed by atoms with E-state index < -0.39 is 12.2 Å². The molecule has 1 aliphatic heterocycles. The van der Waals surface area contributed by atoms with E-state index in [1.54, 1.807) is 6.92 Å². The van der Waals surface area contributed by atoms with Gasteiger partial charge in [-0.25, -0.2) is 0 Å². The first kappa shape index (κ1) is 14.8. The number of nitrogens with zero attached hydrogens (tertiary/aromatic N) is 1. The van der Waals surface area contributed by atoms with Gasteiger partial charge in [0.1, 0.15) is 6.04 Å². The molecule has 4 heteroatoms. The predicted molar refractivity (Wildman–Crippen MR) is 56.8 cm³/mol. The summed E-state index contributed by atoms with van der Waals surface area (Å²) in [5.74, 6) is 0.203. The van der Waals surface area contributed by atoms with Gasteiger partial charge in [0.25, 0.3) is 0 Å². The molecule has 0 N–H and O–H groups in total. The maximum Gasteiger partial charge on any atom is 0.404 e. The minimum Gasteiger partial charge on any atom is -0.293 e. The van der Waals surface area contributed by atoms with Crippen LogP contribution in [-0.2, 0) is 0 Å². The van der Waals surface area contributed by atoms with E-state index in [1.165, 1.54) is 4.90 Å². The fourth-order valence-corrected chi connectivity index (χ4v) is 1.91. The van der Waals surface area contributed by atoms with Gasteiger partial charge in [0, 0.05) is 0 Å². The summed E-state index contributed by atoms with van der Waals surface area (Å²) in [6.45, 7) is 8.76. The Morgan fingerprint density at radius 3 is 2.20 bits per heavy atom. The highest BCUT2D eigenvalue weighted by Crippen LogP contribution is 2.33. The molecule has 2 atom stereocenters. The Labute approximate surface area is 90.6 Å². The molecule has 1 rings (SSSR count). The summed E-state index contributed by atoms with van der Waals surface area (Å²) in [6, 6.07) is -1.21. The minimum absolute atomic E-state index is 0.203. The zero-order chi connectivity index (χ0) is 12.1. The Morgan fingerprint density at radius 2 is 1.80 bits per heavy atom. The largest absolute Gasteiger partial charge is 0.404 e. The Kier molecular flexibility index (Phi) is 6.25. The van der Waals surface area contributed by atoms with Crippen molar-refractivity contribution in [3.63, 3.8) is 0 Å². The molecule has 0 spiro atoms. The summed E-state index contributed by atoms with van der Waals surface area (Å²) in [7, 11) is 0. The molecule has 15 heavy (non-hydrogen) atoms. The van der Waals surface area contributed by atoms with Crippen LogP contribution in [0.4, 0.5) is 13.2 Å². The highest BCUT2D eigenvalue weighted by atomic mass is 19.4. The topological polar surface area (TPSA) is 3.24 Å². The third-order valence-electron chi connectivity index (χ3n) is 2.76. The van der Waals surface area contributed by atoms with Gasteiger partial charge in [0.05, 0.1) is 0 Å². The van der Waals surface area contributed by atoms with E-state index >= 15 is 0 Å². The summed E-state index contributed by atoms with van der Waals surface area (Å²) >= 11 is 0. The van der Waals surface area contributed by atoms with Crippen molar-refractivity contribution < 1.29 is 13.2 Å². The zero-order valence-electron chi connectivity index (χ0n) is 10.1. The van der Waals surface area contributed by atoms with Crippen molar-refractivity contribution in [1.82, 2.24) is 4.90 Å². The molecule has 1 nitrogen and oxygen atoms in total. The molecule has 0 aliphatic carbocycles. The van der Waals surface area contributed by atoms with Crippen LogP contribution in [0.1, 0.15) is 40.5 Å². The second-order valence-corrected chi connectivity index (χ2v) is 3.82. The molecular formula is C11H22F3N. The highest BCUT2D eigenvalue weighted by Gasteiger charge is 2.45. The maximum absolute atomic E-state index is 12.5. The van der Waals surface area contributed by atoms with E-state index in [0.29, 0.717) is 13.1 Å². The molecular weight excluding hydrogens is 203 g/mol. The van der Waals surface area contributed by atoms with Crippen LogP contribution < -0.4 is 0 Å². The molecule has 0 radical (unpaired) electrons. The number of alkyl halides is 3. The van der Waals surface area contributed by atoms with Crippen molar-refractivity contribution in [2.24, 2.45) is 5.92 Å². The third kappa shape index (κ3) is 4.41. The lowest BCUT2D eigenvalue weighted by molar-refractivity contribution is -0.194. The highest BCUT2D eigenvalue weighted by molar-refractivity contribution is 4.84. The van der Waals surface area contributed by atoms with Crippen molar-refractivity contribution in [3.05, 3.63) is 0 Å². The van der Waals surface area contributed by atoms with Gasteiger partial charge in [-0.3, -0.25) is 4.90 Å². The molecule has 0 amide bonds. The molecule has 0 bridgehead atoms. The monoisotopic (exact) mass is 225 g/mol. The molecule has 0 aromatic carbocycles. The Bertz CT molecular complexity index is 168. The summed E-state index contributed by atoms with van der Waals surface area (Å²) in [5.41, 5.74) is 0. The van der Waals surface area contributed by atoms with Crippen molar-refractivity contribution in [2.75, 3.05) is 13.1 Å². The van der Waals surface area contributed by atoms with Crippen molar-refractivity contribution in [2.45, 2.75) is 52.8 Å². The van der Waals surface area contributed by atoms with E-state index in [1.807, 2.05) is 20.8 Å². The standard InChI is InChI=1S/C9H16F3N.C2H6/c1-3-13-5-4-7(2)6-8(13)9(10,11)12;1-2/h7-8H,3-6H2,1-2H3;1-2H3. The van der Waals surface area contributed by atoms with Crippen LogP contribution in [0.15, 0.2) is 0 Å². The summed E-state index contributed by atoms with van der Waals surface area (Å²) in [4.78, 5) is 1.53. The third-order valence-corrected chi connectivity index (χ3v) is 2.76. The van der Waals surface area contributed by atoms with Gasteiger partial charge in [-0.1, -0.05) is 27.7 Å². The number of piperidine rings is 1. The van der Waals surface area contributed by atoms with Gasteiger partial charge in [-0.2, -0.15) is 13.2 Å². The zero-order valence-corrected chi connectivity index (χ0v) is 10.1. The Morgan fingerprint density at radius 1 is 1.27 bits per heavy atom. The van der Waals surface area contributed by atoms with E-state index in [2.05, 4.69) is 0 Å². The molecule has 1 saturated heterocycles. The van der Waals surface area contributed by atoms with Crippen LogP contribution in [0.3, 0.4) is 0 Å². The van der Waals surface area contributed by atoms with Crippen LogP contribution >= 0.6 is 0 Å². The van der Waals surface area contributed by atoms with Gasteiger partial charge >= 0.3 is 6.18 Å². The lowest BCUT2D eigenvalue weighted by atomic mass is 9.92. The van der Waals surface area contributed by atoms with E-state index in [-0.39, 0.29) is 12.3 Å². The molecule has 92 valence electrons. The maximum atomic E-state index is 12.5. The number of rotatable bonds is 1. The lowest BCUT2D eigenvalue weighted by Gasteiger charge is -2.38. The molecule has 1 heterocycles. The molecule has 0 saturated carbocycles. The fourth-order valence-electron chi connectivity index (χ4n) is 1.91. The Balaban J connectivity index is 0.000000921. The smallest absolute Gasteiger partial charge is 0.293 e. The average molecular weight is 225 g/mol. The fraction of sp³-hybridized carbons (Fsp3) is 1.00. The predicted octanol–water partition coefficient (Wildman–Crippen LogP) is 3.70. The van der Waals surface area contributed by atoms with Gasteiger partial charge in [-0.15, -0.1) is 0 Å². The number of halogens is 3. The first-order valence-corrected chi connectivity index (χ1v) is 5.76. The second kappa shape index (κ2) is 6.36. The molecule has 1 aliphatic rings. The summed E-state index contributed by atoms with van der Waals surface area (Å²) in [5, 5.41) is 0. The summed E-state index contributed by atoms with van der Waals surface area (Å²) < 4.78 is 37.5. The van der Waals surface area contributed by atoms with Crippen LogP contribution in [0, 0.1) is 5.92 Å². The van der Waals surface area contributed by atoms with Gasteiger partial charge in [-0.05, 0) is 31.8 Å². The molecule has 2 unspecified atom stereocenters. The molecule has 0 aromatic rings.